The van der Waals surface area contributed by atoms with Gasteiger partial charge in [-0.1, -0.05) is 0 Å². The van der Waals surface area contributed by atoms with Crippen molar-refractivity contribution < 1.29 is 17.6 Å². The summed E-state index contributed by atoms with van der Waals surface area (Å²) in [7, 11) is 0. The number of aryl methyl sites for hydroxylation is 1. The Kier molecular flexibility index (Phi) is 4.79. The number of alkyl halides is 3. The van der Waals surface area contributed by atoms with E-state index < -0.39 is 11.9 Å². The van der Waals surface area contributed by atoms with Crippen molar-refractivity contribution in [2.24, 2.45) is 0 Å². The second kappa shape index (κ2) is 7.10. The third-order valence-corrected chi connectivity index (χ3v) is 5.15. The predicted molar refractivity (Wildman–Crippen MR) is 92.1 cm³/mol. The summed E-state index contributed by atoms with van der Waals surface area (Å²) >= 11 is 0. The minimum Gasteiger partial charge on any atom is -0.449 e. The molecule has 0 radical (unpaired) electrons. The molecule has 3 heterocycles. The van der Waals surface area contributed by atoms with Gasteiger partial charge in [0.2, 0.25) is 0 Å². The van der Waals surface area contributed by atoms with Gasteiger partial charge < -0.3 is 9.32 Å². The zero-order chi connectivity index (χ0) is 19.0. The Morgan fingerprint density at radius 2 is 1.85 bits per heavy atom. The van der Waals surface area contributed by atoms with E-state index in [2.05, 4.69) is 24.8 Å². The first-order chi connectivity index (χ1) is 12.9. The van der Waals surface area contributed by atoms with Crippen LogP contribution in [-0.4, -0.2) is 45.0 Å². The number of likely N-dealkylation sites (tertiary alicyclic amines) is 1. The molecule has 2 aromatic heterocycles. The van der Waals surface area contributed by atoms with Crippen molar-refractivity contribution in [2.75, 3.05) is 18.0 Å². The normalized spacial score (nSPS) is 19.4. The first-order valence-electron chi connectivity index (χ1n) is 9.21. The van der Waals surface area contributed by atoms with Crippen LogP contribution in [0.4, 0.5) is 19.0 Å². The van der Waals surface area contributed by atoms with E-state index in [9.17, 15) is 13.2 Å². The summed E-state index contributed by atoms with van der Waals surface area (Å²) in [5, 5.41) is 0. The van der Waals surface area contributed by atoms with Crippen molar-refractivity contribution in [2.45, 2.75) is 57.4 Å². The molecule has 2 fully saturated rings. The number of rotatable bonds is 5. The molecule has 1 saturated carbocycles. The molecule has 0 N–H and O–H groups in total. The van der Waals surface area contributed by atoms with Crippen molar-refractivity contribution >= 4 is 5.82 Å². The Labute approximate surface area is 155 Å². The van der Waals surface area contributed by atoms with Crippen LogP contribution < -0.4 is 4.90 Å². The van der Waals surface area contributed by atoms with Crippen LogP contribution in [-0.2, 0) is 12.7 Å². The van der Waals surface area contributed by atoms with Crippen molar-refractivity contribution in [3.8, 4) is 0 Å². The molecular weight excluding hydrogens is 359 g/mol. The van der Waals surface area contributed by atoms with Crippen molar-refractivity contribution in [1.82, 2.24) is 19.9 Å². The van der Waals surface area contributed by atoms with Gasteiger partial charge >= 0.3 is 6.18 Å². The number of hydrogen-bond donors (Lipinski definition) is 0. The molecule has 2 aromatic rings. The number of piperidine rings is 1. The zero-order valence-corrected chi connectivity index (χ0v) is 15.1. The van der Waals surface area contributed by atoms with E-state index in [1.165, 1.54) is 0 Å². The monoisotopic (exact) mass is 381 g/mol. The minimum atomic E-state index is -4.45. The molecule has 0 amide bonds. The Morgan fingerprint density at radius 3 is 2.44 bits per heavy atom. The molecule has 1 saturated heterocycles. The molecule has 0 aromatic carbocycles. The first kappa shape index (κ1) is 18.2. The van der Waals surface area contributed by atoms with Crippen molar-refractivity contribution in [3.63, 3.8) is 0 Å². The van der Waals surface area contributed by atoms with E-state index in [1.807, 2.05) is 6.92 Å². The highest BCUT2D eigenvalue weighted by atomic mass is 19.4. The predicted octanol–water partition coefficient (Wildman–Crippen LogP) is 3.43. The Hall–Kier alpha value is -2.16. The summed E-state index contributed by atoms with van der Waals surface area (Å²) in [6.45, 7) is 4.30. The van der Waals surface area contributed by atoms with Crippen LogP contribution >= 0.6 is 0 Å². The maximum atomic E-state index is 13.0. The van der Waals surface area contributed by atoms with Gasteiger partial charge in [-0.3, -0.25) is 4.90 Å². The van der Waals surface area contributed by atoms with Crippen molar-refractivity contribution in [3.05, 3.63) is 35.9 Å². The van der Waals surface area contributed by atoms with Crippen LogP contribution in [0.1, 0.15) is 43.0 Å². The van der Waals surface area contributed by atoms with Crippen LogP contribution in [0.15, 0.2) is 23.1 Å². The van der Waals surface area contributed by atoms with Crippen LogP contribution in [0.5, 0.6) is 0 Å². The van der Waals surface area contributed by atoms with Gasteiger partial charge in [0.15, 0.2) is 5.89 Å². The van der Waals surface area contributed by atoms with E-state index in [4.69, 9.17) is 4.42 Å². The minimum absolute atomic E-state index is 0.198. The maximum Gasteiger partial charge on any atom is 0.433 e. The summed E-state index contributed by atoms with van der Waals surface area (Å²) in [5.74, 6) is 1.05. The second-order valence-corrected chi connectivity index (χ2v) is 7.26. The van der Waals surface area contributed by atoms with Gasteiger partial charge in [0.1, 0.15) is 24.1 Å². The molecule has 146 valence electrons. The lowest BCUT2D eigenvalue weighted by molar-refractivity contribution is -0.141. The Bertz CT molecular complexity index is 781. The quantitative estimate of drug-likeness (QED) is 0.791. The van der Waals surface area contributed by atoms with Gasteiger partial charge in [-0.25, -0.2) is 15.0 Å². The average Bonchev–Trinajstić information content (AvgIpc) is 3.38. The summed E-state index contributed by atoms with van der Waals surface area (Å²) in [5.41, 5.74) is 0.0348. The van der Waals surface area contributed by atoms with Crippen LogP contribution in [0.3, 0.4) is 0 Å². The van der Waals surface area contributed by atoms with Gasteiger partial charge in [0.25, 0.3) is 0 Å². The van der Waals surface area contributed by atoms with Crippen LogP contribution in [0.25, 0.3) is 0 Å². The zero-order valence-electron chi connectivity index (χ0n) is 15.1. The van der Waals surface area contributed by atoms with Gasteiger partial charge in [-0.05, 0) is 25.7 Å². The highest BCUT2D eigenvalue weighted by Crippen LogP contribution is 2.37. The highest BCUT2D eigenvalue weighted by molar-refractivity contribution is 5.44. The lowest BCUT2D eigenvalue weighted by Crippen LogP contribution is -2.46. The Morgan fingerprint density at radius 1 is 1.15 bits per heavy atom. The topological polar surface area (TPSA) is 58.3 Å². The molecular formula is C18H22F3N5O. The number of anilines is 1. The molecule has 2 aliphatic rings. The summed E-state index contributed by atoms with van der Waals surface area (Å²) in [6.07, 6.45) is 2.03. The fourth-order valence-corrected chi connectivity index (χ4v) is 3.73. The molecule has 0 unspecified atom stereocenters. The molecule has 0 bridgehead atoms. The van der Waals surface area contributed by atoms with Crippen molar-refractivity contribution in [1.29, 1.82) is 0 Å². The van der Waals surface area contributed by atoms with E-state index in [0.717, 1.165) is 63.4 Å². The second-order valence-electron chi connectivity index (χ2n) is 7.26. The van der Waals surface area contributed by atoms with E-state index >= 15 is 0 Å². The maximum absolute atomic E-state index is 13.0. The fraction of sp³-hybridized carbons (Fsp3) is 0.611. The molecule has 6 nitrogen and oxygen atoms in total. The van der Waals surface area contributed by atoms with Gasteiger partial charge in [-0.2, -0.15) is 13.2 Å². The van der Waals surface area contributed by atoms with Crippen LogP contribution in [0.2, 0.25) is 0 Å². The highest BCUT2D eigenvalue weighted by Gasteiger charge is 2.38. The molecule has 0 spiro atoms. The molecule has 1 aliphatic heterocycles. The third-order valence-electron chi connectivity index (χ3n) is 5.15. The number of hydrogen-bond acceptors (Lipinski definition) is 6. The summed E-state index contributed by atoms with van der Waals surface area (Å²) in [4.78, 5) is 16.3. The number of nitrogens with zero attached hydrogens (tertiary/aromatic N) is 5. The number of oxazole rings is 1. The van der Waals surface area contributed by atoms with Crippen LogP contribution in [0, 0.1) is 6.92 Å². The number of halogens is 3. The smallest absolute Gasteiger partial charge is 0.433 e. The SMILES string of the molecule is Cc1nc(CN2CCC(N(c3cc(C(F)(F)F)ncn3)C3CC3)CC2)co1. The van der Waals surface area contributed by atoms with E-state index in [0.29, 0.717) is 11.7 Å². The lowest BCUT2D eigenvalue weighted by Gasteiger charge is -2.39. The average molecular weight is 381 g/mol. The van der Waals surface area contributed by atoms with E-state index in [-0.39, 0.29) is 12.1 Å². The Balaban J connectivity index is 1.44. The lowest BCUT2D eigenvalue weighted by atomic mass is 10.0. The van der Waals surface area contributed by atoms with Gasteiger partial charge in [0, 0.05) is 44.7 Å². The summed E-state index contributed by atoms with van der Waals surface area (Å²) in [6, 6.07) is 1.57. The number of aromatic nitrogens is 3. The molecule has 1 aliphatic carbocycles. The largest absolute Gasteiger partial charge is 0.449 e. The molecule has 9 heteroatoms. The van der Waals surface area contributed by atoms with E-state index in [1.54, 1.807) is 6.26 Å². The van der Waals surface area contributed by atoms with Gasteiger partial charge in [0.05, 0.1) is 5.69 Å². The molecule has 0 atom stereocenters. The standard InChI is InChI=1S/C18H22F3N5O/c1-12-24-13(10-27-12)9-25-6-4-15(5-7-25)26(14-2-3-14)17-8-16(18(19,20)21)22-11-23-17/h8,10-11,14-15H,2-7,9H2,1H3. The summed E-state index contributed by atoms with van der Waals surface area (Å²) < 4.78 is 44.3. The molecule has 4 rings (SSSR count). The first-order valence-corrected chi connectivity index (χ1v) is 9.21. The molecule has 27 heavy (non-hydrogen) atoms. The fourth-order valence-electron chi connectivity index (χ4n) is 3.73. The van der Waals surface area contributed by atoms with Gasteiger partial charge in [-0.15, -0.1) is 0 Å². The third kappa shape index (κ3) is 4.23.